The molecule has 8 heteroatoms. The van der Waals surface area contributed by atoms with Crippen LogP contribution in [0.5, 0.6) is 0 Å². The summed E-state index contributed by atoms with van der Waals surface area (Å²) in [6.07, 6.45) is 0.638. The number of aromatic nitrogens is 3. The van der Waals surface area contributed by atoms with Crippen molar-refractivity contribution in [2.75, 3.05) is 5.32 Å². The van der Waals surface area contributed by atoms with Gasteiger partial charge in [0.25, 0.3) is 0 Å². The van der Waals surface area contributed by atoms with Crippen LogP contribution in [0.2, 0.25) is 5.02 Å². The zero-order valence-corrected chi connectivity index (χ0v) is 14.3. The number of anilines is 1. The average molecular weight is 356 g/mol. The van der Waals surface area contributed by atoms with E-state index in [2.05, 4.69) is 20.3 Å². The number of hydrogen-bond acceptors (Lipinski definition) is 5. The number of carbonyl (C=O) groups is 1. The molecule has 1 amide bonds. The van der Waals surface area contributed by atoms with Crippen molar-refractivity contribution in [2.24, 2.45) is 0 Å². The van der Waals surface area contributed by atoms with Crippen LogP contribution in [0, 0.1) is 11.3 Å². The van der Waals surface area contributed by atoms with E-state index in [-0.39, 0.29) is 6.10 Å². The fourth-order valence-corrected chi connectivity index (χ4v) is 2.44. The number of rotatable bonds is 3. The van der Waals surface area contributed by atoms with E-state index in [9.17, 15) is 4.79 Å². The van der Waals surface area contributed by atoms with Gasteiger partial charge in [-0.05, 0) is 38.1 Å². The lowest BCUT2D eigenvalue weighted by Gasteiger charge is -2.12. The normalized spacial score (nSPS) is 10.7. The summed E-state index contributed by atoms with van der Waals surface area (Å²) < 4.78 is 5.10. The van der Waals surface area contributed by atoms with Gasteiger partial charge in [0, 0.05) is 16.8 Å². The number of amides is 1. The standard InChI is InChI=1S/C17H14ClN5O2/c1-9(2)25-17(24)22-13-4-3-11(18)6-12(13)15-21-14-5-10(7-19)8-20-16(14)23-15/h3-6,8-9H,1-2H3,(H,22,24)(H,20,21,23). The highest BCUT2D eigenvalue weighted by molar-refractivity contribution is 6.31. The zero-order valence-electron chi connectivity index (χ0n) is 13.5. The van der Waals surface area contributed by atoms with E-state index >= 15 is 0 Å². The molecule has 0 unspecified atom stereocenters. The molecule has 0 aliphatic carbocycles. The number of nitrogens with one attached hydrogen (secondary N) is 2. The molecule has 25 heavy (non-hydrogen) atoms. The van der Waals surface area contributed by atoms with Crippen LogP contribution in [0.3, 0.4) is 0 Å². The van der Waals surface area contributed by atoms with Crippen molar-refractivity contribution in [3.8, 4) is 17.5 Å². The summed E-state index contributed by atoms with van der Waals surface area (Å²) in [5.41, 5.74) is 2.58. The third-order valence-electron chi connectivity index (χ3n) is 3.28. The number of fused-ring (bicyclic) bond motifs is 1. The van der Waals surface area contributed by atoms with E-state index < -0.39 is 6.09 Å². The lowest BCUT2D eigenvalue weighted by Crippen LogP contribution is -2.18. The largest absolute Gasteiger partial charge is 0.447 e. The molecule has 0 saturated carbocycles. The summed E-state index contributed by atoms with van der Waals surface area (Å²) in [6.45, 7) is 3.53. The monoisotopic (exact) mass is 355 g/mol. The summed E-state index contributed by atoms with van der Waals surface area (Å²) in [5, 5.41) is 12.1. The fraction of sp³-hybridized carbons (Fsp3) is 0.176. The van der Waals surface area contributed by atoms with Crippen LogP contribution < -0.4 is 5.32 Å². The van der Waals surface area contributed by atoms with Crippen molar-refractivity contribution in [3.05, 3.63) is 41.0 Å². The molecule has 2 aromatic heterocycles. The third kappa shape index (κ3) is 3.70. The summed E-state index contributed by atoms with van der Waals surface area (Å²) in [7, 11) is 0. The second kappa shape index (κ2) is 6.79. The number of halogens is 1. The molecule has 0 aliphatic rings. The lowest BCUT2D eigenvalue weighted by molar-refractivity contribution is 0.130. The molecule has 2 heterocycles. The highest BCUT2D eigenvalue weighted by atomic mass is 35.5. The van der Waals surface area contributed by atoms with Gasteiger partial charge in [-0.3, -0.25) is 5.32 Å². The first-order chi connectivity index (χ1) is 12.0. The van der Waals surface area contributed by atoms with E-state index in [1.54, 1.807) is 38.1 Å². The van der Waals surface area contributed by atoms with E-state index in [0.29, 0.717) is 38.8 Å². The molecule has 0 aliphatic heterocycles. The molecule has 0 radical (unpaired) electrons. The average Bonchev–Trinajstić information content (AvgIpc) is 2.98. The number of carbonyl (C=O) groups excluding carboxylic acids is 1. The topological polar surface area (TPSA) is 104 Å². The minimum atomic E-state index is -0.570. The first-order valence-electron chi connectivity index (χ1n) is 7.49. The molecule has 2 N–H and O–H groups in total. The summed E-state index contributed by atoms with van der Waals surface area (Å²) in [4.78, 5) is 23.5. The maximum absolute atomic E-state index is 11.9. The predicted octanol–water partition coefficient (Wildman–Crippen LogP) is 4.11. The van der Waals surface area contributed by atoms with Crippen molar-refractivity contribution in [2.45, 2.75) is 20.0 Å². The number of pyridine rings is 1. The quantitative estimate of drug-likeness (QED) is 0.735. The molecule has 0 spiro atoms. The molecule has 0 fully saturated rings. The molecule has 3 aromatic rings. The Bertz CT molecular complexity index is 990. The molecule has 1 aromatic carbocycles. The van der Waals surface area contributed by atoms with Gasteiger partial charge in [0.15, 0.2) is 5.65 Å². The SMILES string of the molecule is CC(C)OC(=O)Nc1ccc(Cl)cc1-c1nc2ncc(C#N)cc2[nH]1. The second-order valence-corrected chi connectivity index (χ2v) is 6.00. The van der Waals surface area contributed by atoms with Crippen LogP contribution in [0.1, 0.15) is 19.4 Å². The van der Waals surface area contributed by atoms with Gasteiger partial charge in [0.05, 0.1) is 22.9 Å². The maximum atomic E-state index is 11.9. The van der Waals surface area contributed by atoms with Crippen LogP contribution >= 0.6 is 11.6 Å². The molecule has 7 nitrogen and oxygen atoms in total. The predicted molar refractivity (Wildman–Crippen MR) is 94.3 cm³/mol. The number of imidazole rings is 1. The summed E-state index contributed by atoms with van der Waals surface area (Å²) >= 11 is 6.09. The number of hydrogen-bond donors (Lipinski definition) is 2. The Morgan fingerprint density at radius 2 is 2.20 bits per heavy atom. The first kappa shape index (κ1) is 16.7. The Morgan fingerprint density at radius 1 is 1.40 bits per heavy atom. The zero-order chi connectivity index (χ0) is 18.0. The molecule has 0 saturated heterocycles. The third-order valence-corrected chi connectivity index (χ3v) is 3.52. The summed E-state index contributed by atoms with van der Waals surface area (Å²) in [5.74, 6) is 0.472. The molecule has 0 bridgehead atoms. The highest BCUT2D eigenvalue weighted by Gasteiger charge is 2.15. The smallest absolute Gasteiger partial charge is 0.411 e. The van der Waals surface area contributed by atoms with Gasteiger partial charge >= 0.3 is 6.09 Å². The van der Waals surface area contributed by atoms with Crippen molar-refractivity contribution in [3.63, 3.8) is 0 Å². The van der Waals surface area contributed by atoms with Crippen LogP contribution in [-0.2, 0) is 4.74 Å². The van der Waals surface area contributed by atoms with Crippen molar-refractivity contribution >= 4 is 34.5 Å². The number of nitriles is 1. The van der Waals surface area contributed by atoms with Gasteiger partial charge in [-0.25, -0.2) is 14.8 Å². The molecule has 0 atom stereocenters. The number of nitrogens with zero attached hydrogens (tertiary/aromatic N) is 3. The Morgan fingerprint density at radius 3 is 2.92 bits per heavy atom. The van der Waals surface area contributed by atoms with E-state index in [1.807, 2.05) is 6.07 Å². The Hall–Kier alpha value is -3.11. The Labute approximate surface area is 148 Å². The Balaban J connectivity index is 2.02. The van der Waals surface area contributed by atoms with Gasteiger partial charge in [-0.15, -0.1) is 0 Å². The maximum Gasteiger partial charge on any atom is 0.411 e. The number of benzene rings is 1. The van der Waals surface area contributed by atoms with Crippen LogP contribution in [-0.4, -0.2) is 27.1 Å². The van der Waals surface area contributed by atoms with Gasteiger partial charge in [0.2, 0.25) is 0 Å². The fourth-order valence-electron chi connectivity index (χ4n) is 2.26. The molecule has 126 valence electrons. The van der Waals surface area contributed by atoms with E-state index in [4.69, 9.17) is 21.6 Å². The minimum absolute atomic E-state index is 0.240. The molecular weight excluding hydrogens is 342 g/mol. The first-order valence-corrected chi connectivity index (χ1v) is 7.87. The van der Waals surface area contributed by atoms with Gasteiger partial charge < -0.3 is 9.72 Å². The number of ether oxygens (including phenoxy) is 1. The second-order valence-electron chi connectivity index (χ2n) is 5.56. The number of aromatic amines is 1. The van der Waals surface area contributed by atoms with Crippen LogP contribution in [0.4, 0.5) is 10.5 Å². The van der Waals surface area contributed by atoms with Crippen LogP contribution in [0.15, 0.2) is 30.5 Å². The lowest BCUT2D eigenvalue weighted by atomic mass is 10.1. The van der Waals surface area contributed by atoms with Crippen molar-refractivity contribution < 1.29 is 9.53 Å². The highest BCUT2D eigenvalue weighted by Crippen LogP contribution is 2.30. The van der Waals surface area contributed by atoms with E-state index in [0.717, 1.165) is 0 Å². The Kier molecular flexibility index (Phi) is 4.55. The molecular formula is C17H14ClN5O2. The van der Waals surface area contributed by atoms with Crippen LogP contribution in [0.25, 0.3) is 22.6 Å². The van der Waals surface area contributed by atoms with E-state index in [1.165, 1.54) is 6.20 Å². The molecule has 3 rings (SSSR count). The minimum Gasteiger partial charge on any atom is -0.447 e. The number of H-pyrrole nitrogens is 1. The van der Waals surface area contributed by atoms with Gasteiger partial charge in [-0.2, -0.15) is 5.26 Å². The van der Waals surface area contributed by atoms with Gasteiger partial charge in [-0.1, -0.05) is 11.6 Å². The van der Waals surface area contributed by atoms with Gasteiger partial charge in [0.1, 0.15) is 11.9 Å². The summed E-state index contributed by atoms with van der Waals surface area (Å²) in [6, 6.07) is 8.68. The van der Waals surface area contributed by atoms with Crippen molar-refractivity contribution in [1.82, 2.24) is 15.0 Å². The van der Waals surface area contributed by atoms with Crippen molar-refractivity contribution in [1.29, 1.82) is 5.26 Å².